The number of benzene rings is 1. The second-order valence-corrected chi connectivity index (χ2v) is 7.14. The average Bonchev–Trinajstić information content (AvgIpc) is 3.26. The summed E-state index contributed by atoms with van der Waals surface area (Å²) >= 11 is 5.78. The number of nitrogens with one attached hydrogen (secondary N) is 1. The Bertz CT molecular complexity index is 800. The molecule has 1 aromatic heterocycles. The quantitative estimate of drug-likeness (QED) is 0.861. The molecule has 1 fully saturated rings. The van der Waals surface area contributed by atoms with E-state index >= 15 is 0 Å². The minimum absolute atomic E-state index is 0.00181. The highest BCUT2D eigenvalue weighted by Gasteiger charge is 2.28. The zero-order valence-corrected chi connectivity index (χ0v) is 14.6. The van der Waals surface area contributed by atoms with E-state index in [2.05, 4.69) is 10.4 Å². The number of anilines is 1. The summed E-state index contributed by atoms with van der Waals surface area (Å²) in [6, 6.07) is 3.98. The van der Waals surface area contributed by atoms with Crippen LogP contribution in [0.3, 0.4) is 0 Å². The van der Waals surface area contributed by atoms with Crippen LogP contribution in [0.2, 0.25) is 5.02 Å². The van der Waals surface area contributed by atoms with Gasteiger partial charge < -0.3 is 10.2 Å². The van der Waals surface area contributed by atoms with E-state index in [0.29, 0.717) is 31.2 Å². The molecule has 1 aliphatic heterocycles. The third-order valence-corrected chi connectivity index (χ3v) is 5.45. The van der Waals surface area contributed by atoms with Gasteiger partial charge in [-0.3, -0.25) is 4.68 Å². The molecule has 2 amide bonds. The summed E-state index contributed by atoms with van der Waals surface area (Å²) in [5, 5.41) is 7.30. The van der Waals surface area contributed by atoms with E-state index < -0.39 is 5.82 Å². The van der Waals surface area contributed by atoms with E-state index in [9.17, 15) is 9.18 Å². The van der Waals surface area contributed by atoms with Gasteiger partial charge in [-0.15, -0.1) is 0 Å². The molecule has 2 aromatic rings. The third-order valence-electron chi connectivity index (χ3n) is 5.16. The number of amides is 2. The maximum atomic E-state index is 13.2. The second-order valence-electron chi connectivity index (χ2n) is 6.73. The van der Waals surface area contributed by atoms with E-state index in [1.165, 1.54) is 49.4 Å². The molecule has 0 bridgehead atoms. The van der Waals surface area contributed by atoms with Gasteiger partial charge in [0.15, 0.2) is 0 Å². The smallest absolute Gasteiger partial charge is 0.317 e. The number of hydrogen-bond donors (Lipinski definition) is 1. The van der Waals surface area contributed by atoms with Crippen LogP contribution in [0.4, 0.5) is 14.9 Å². The standard InChI is InChI=1S/C18H20ClFN4O/c19-15-9-13(5-6-16(15)20)22-18(25)23-7-8-24-17(11-23)14(10-21-24)12-3-1-2-4-12/h5-6,9-10,12H,1-4,7-8,11H2,(H,22,25). The molecule has 1 aromatic carbocycles. The lowest BCUT2D eigenvalue weighted by atomic mass is 9.97. The minimum Gasteiger partial charge on any atom is -0.317 e. The van der Waals surface area contributed by atoms with Crippen LogP contribution in [0.15, 0.2) is 24.4 Å². The zero-order valence-electron chi connectivity index (χ0n) is 13.8. The molecule has 25 heavy (non-hydrogen) atoms. The summed E-state index contributed by atoms with van der Waals surface area (Å²) in [7, 11) is 0. The summed E-state index contributed by atoms with van der Waals surface area (Å²) in [6.45, 7) is 1.84. The van der Waals surface area contributed by atoms with Crippen molar-refractivity contribution in [2.24, 2.45) is 0 Å². The Morgan fingerprint density at radius 1 is 1.28 bits per heavy atom. The summed E-state index contributed by atoms with van der Waals surface area (Å²) in [5.41, 5.74) is 2.93. The Kier molecular flexibility index (Phi) is 4.37. The highest BCUT2D eigenvalue weighted by atomic mass is 35.5. The normalized spacial score (nSPS) is 17.6. The van der Waals surface area contributed by atoms with Gasteiger partial charge in [0, 0.05) is 12.2 Å². The third kappa shape index (κ3) is 3.23. The average molecular weight is 363 g/mol. The second kappa shape index (κ2) is 6.67. The molecule has 0 atom stereocenters. The summed E-state index contributed by atoms with van der Waals surface area (Å²) in [4.78, 5) is 14.3. The molecule has 0 radical (unpaired) electrons. The molecule has 1 saturated carbocycles. The maximum absolute atomic E-state index is 13.2. The van der Waals surface area contributed by atoms with Crippen LogP contribution >= 0.6 is 11.6 Å². The van der Waals surface area contributed by atoms with Gasteiger partial charge in [-0.1, -0.05) is 24.4 Å². The Morgan fingerprint density at radius 2 is 2.08 bits per heavy atom. The molecule has 132 valence electrons. The van der Waals surface area contributed by atoms with Crippen LogP contribution in [0.25, 0.3) is 0 Å². The van der Waals surface area contributed by atoms with Gasteiger partial charge in [0.25, 0.3) is 0 Å². The van der Waals surface area contributed by atoms with E-state index in [0.717, 1.165) is 5.69 Å². The molecular formula is C18H20ClFN4O. The molecule has 1 aliphatic carbocycles. The number of halogens is 2. The van der Waals surface area contributed by atoms with E-state index in [4.69, 9.17) is 11.6 Å². The molecule has 5 nitrogen and oxygen atoms in total. The molecule has 7 heteroatoms. The first kappa shape index (κ1) is 16.4. The van der Waals surface area contributed by atoms with Gasteiger partial charge in [-0.2, -0.15) is 5.10 Å². The monoisotopic (exact) mass is 362 g/mol. The number of fused-ring (bicyclic) bond motifs is 1. The van der Waals surface area contributed by atoms with Crippen LogP contribution in [0.1, 0.15) is 42.9 Å². The Balaban J connectivity index is 1.48. The van der Waals surface area contributed by atoms with Crippen molar-refractivity contribution in [3.05, 3.63) is 46.5 Å². The topological polar surface area (TPSA) is 50.2 Å². The highest BCUT2D eigenvalue weighted by Crippen LogP contribution is 2.36. The first-order valence-electron chi connectivity index (χ1n) is 8.67. The van der Waals surface area contributed by atoms with Crippen molar-refractivity contribution in [3.8, 4) is 0 Å². The van der Waals surface area contributed by atoms with Crippen molar-refractivity contribution in [1.82, 2.24) is 14.7 Å². The van der Waals surface area contributed by atoms with E-state index in [1.54, 1.807) is 4.90 Å². The lowest BCUT2D eigenvalue weighted by Crippen LogP contribution is -2.41. The van der Waals surface area contributed by atoms with Crippen molar-refractivity contribution >= 4 is 23.3 Å². The Hall–Kier alpha value is -2.08. The molecule has 2 aliphatic rings. The predicted octanol–water partition coefficient (Wildman–Crippen LogP) is 4.38. The SMILES string of the molecule is O=C(Nc1ccc(F)c(Cl)c1)N1CCn2ncc(C3CCCC3)c2C1. The number of nitrogens with zero attached hydrogens (tertiary/aromatic N) is 3. The first-order valence-corrected chi connectivity index (χ1v) is 9.05. The van der Waals surface area contributed by atoms with Crippen LogP contribution < -0.4 is 5.32 Å². The van der Waals surface area contributed by atoms with Crippen molar-refractivity contribution < 1.29 is 9.18 Å². The number of hydrogen-bond acceptors (Lipinski definition) is 2. The predicted molar refractivity (Wildman–Crippen MR) is 94.3 cm³/mol. The van der Waals surface area contributed by atoms with Gasteiger partial charge in [0.1, 0.15) is 5.82 Å². The first-order chi connectivity index (χ1) is 12.1. The van der Waals surface area contributed by atoms with E-state index in [1.807, 2.05) is 10.9 Å². The highest BCUT2D eigenvalue weighted by molar-refractivity contribution is 6.31. The van der Waals surface area contributed by atoms with Gasteiger partial charge >= 0.3 is 6.03 Å². The molecule has 2 heterocycles. The molecule has 0 spiro atoms. The molecular weight excluding hydrogens is 343 g/mol. The Labute approximate surface area is 150 Å². The maximum Gasteiger partial charge on any atom is 0.322 e. The lowest BCUT2D eigenvalue weighted by molar-refractivity contribution is 0.194. The van der Waals surface area contributed by atoms with Crippen LogP contribution in [-0.4, -0.2) is 27.3 Å². The fourth-order valence-electron chi connectivity index (χ4n) is 3.79. The number of urea groups is 1. The Morgan fingerprint density at radius 3 is 2.84 bits per heavy atom. The van der Waals surface area contributed by atoms with Crippen LogP contribution in [0, 0.1) is 5.82 Å². The number of carbonyl (C=O) groups excluding carboxylic acids is 1. The zero-order chi connectivity index (χ0) is 17.4. The molecule has 1 N–H and O–H groups in total. The van der Waals surface area contributed by atoms with Crippen molar-refractivity contribution in [1.29, 1.82) is 0 Å². The van der Waals surface area contributed by atoms with Crippen molar-refractivity contribution in [2.75, 3.05) is 11.9 Å². The van der Waals surface area contributed by atoms with Gasteiger partial charge in [-0.05, 0) is 42.5 Å². The molecule has 0 saturated heterocycles. The molecule has 0 unspecified atom stereocenters. The largest absolute Gasteiger partial charge is 0.322 e. The summed E-state index contributed by atoms with van der Waals surface area (Å²) in [5.74, 6) is 0.0745. The lowest BCUT2D eigenvalue weighted by Gasteiger charge is -2.29. The van der Waals surface area contributed by atoms with Crippen molar-refractivity contribution in [3.63, 3.8) is 0 Å². The summed E-state index contributed by atoms with van der Waals surface area (Å²) < 4.78 is 15.3. The number of carbonyl (C=O) groups is 1. The van der Waals surface area contributed by atoms with Gasteiger partial charge in [-0.25, -0.2) is 9.18 Å². The van der Waals surface area contributed by atoms with Gasteiger partial charge in [0.2, 0.25) is 0 Å². The van der Waals surface area contributed by atoms with Crippen molar-refractivity contribution in [2.45, 2.75) is 44.7 Å². The minimum atomic E-state index is -0.497. The number of aromatic nitrogens is 2. The van der Waals surface area contributed by atoms with E-state index in [-0.39, 0.29) is 11.1 Å². The summed E-state index contributed by atoms with van der Waals surface area (Å²) in [6.07, 6.45) is 6.93. The number of rotatable bonds is 2. The molecule has 4 rings (SSSR count). The fraction of sp³-hybridized carbons (Fsp3) is 0.444. The van der Waals surface area contributed by atoms with Crippen LogP contribution in [-0.2, 0) is 13.1 Å². The van der Waals surface area contributed by atoms with Gasteiger partial charge in [0.05, 0.1) is 30.0 Å². The van der Waals surface area contributed by atoms with Crippen LogP contribution in [0.5, 0.6) is 0 Å². The fourth-order valence-corrected chi connectivity index (χ4v) is 3.97.